The van der Waals surface area contributed by atoms with Gasteiger partial charge in [-0.1, -0.05) is 6.07 Å². The van der Waals surface area contributed by atoms with Crippen LogP contribution in [0.15, 0.2) is 24.3 Å². The molecule has 1 N–H and O–H groups in total. The Bertz CT molecular complexity index is 485. The molecule has 5 heteroatoms. The fourth-order valence-electron chi connectivity index (χ4n) is 2.68. The maximum absolute atomic E-state index is 12.2. The molecule has 116 valence electrons. The van der Waals surface area contributed by atoms with E-state index >= 15 is 0 Å². The number of benzene rings is 1. The normalized spacial score (nSPS) is 24.6. The summed E-state index contributed by atoms with van der Waals surface area (Å²) in [4.78, 5) is 14.5. The number of ether oxygens (including phenoxy) is 1. The smallest absolute Gasteiger partial charge is 0.251 e. The molecule has 0 saturated carbocycles. The van der Waals surface area contributed by atoms with Gasteiger partial charge in [-0.15, -0.1) is 0 Å². The zero-order valence-corrected chi connectivity index (χ0v) is 15.0. The lowest BCUT2D eigenvalue weighted by Gasteiger charge is -2.39. The highest BCUT2D eigenvalue weighted by Gasteiger charge is 2.25. The van der Waals surface area contributed by atoms with Crippen LogP contribution in [0.4, 0.5) is 0 Å². The maximum Gasteiger partial charge on any atom is 0.251 e. The van der Waals surface area contributed by atoms with Crippen molar-refractivity contribution in [3.63, 3.8) is 0 Å². The molecule has 1 saturated heterocycles. The molecule has 2 rings (SSSR count). The number of carbonyl (C=O) groups excluding carboxylic acids is 1. The number of nitrogens with zero attached hydrogens (tertiary/aromatic N) is 1. The molecule has 4 nitrogen and oxygen atoms in total. The van der Waals surface area contributed by atoms with E-state index in [0.29, 0.717) is 12.6 Å². The average Bonchev–Trinajstić information content (AvgIpc) is 2.43. The summed E-state index contributed by atoms with van der Waals surface area (Å²) in [5.74, 6) is -0.00489. The van der Waals surface area contributed by atoms with E-state index in [1.165, 1.54) is 0 Å². The van der Waals surface area contributed by atoms with Gasteiger partial charge in [-0.2, -0.15) is 0 Å². The van der Waals surface area contributed by atoms with Crippen LogP contribution in [-0.4, -0.2) is 48.7 Å². The number of hydrogen-bond donors (Lipinski definition) is 1. The van der Waals surface area contributed by atoms with Gasteiger partial charge in [0.05, 0.1) is 12.2 Å². The predicted octanol–water partition coefficient (Wildman–Crippen LogP) is 2.52. The standard InChI is InChI=1S/C16H23IN2O2/c1-11(19-9-12(2)21-13(3)10-19)8-18-16(20)14-5-4-6-15(17)7-14/h4-7,11-13H,8-10H2,1-3H3,(H,18,20)/t11-,12-,13+/m1/s1. The molecule has 0 unspecified atom stereocenters. The Hall–Kier alpha value is -0.660. The summed E-state index contributed by atoms with van der Waals surface area (Å²) in [5, 5.41) is 3.03. The van der Waals surface area contributed by atoms with E-state index in [0.717, 1.165) is 22.2 Å². The first kappa shape index (κ1) is 16.7. The third-order valence-electron chi connectivity index (χ3n) is 3.72. The molecule has 1 aromatic carbocycles. The van der Waals surface area contributed by atoms with Gasteiger partial charge in [0.25, 0.3) is 5.91 Å². The second-order valence-corrected chi connectivity index (χ2v) is 7.03. The number of hydrogen-bond acceptors (Lipinski definition) is 3. The molecule has 0 bridgehead atoms. The van der Waals surface area contributed by atoms with E-state index in [9.17, 15) is 4.79 Å². The molecule has 0 spiro atoms. The molecular weight excluding hydrogens is 379 g/mol. The Morgan fingerprint density at radius 3 is 2.71 bits per heavy atom. The van der Waals surface area contributed by atoms with Crippen LogP contribution in [0.5, 0.6) is 0 Å². The quantitative estimate of drug-likeness (QED) is 0.788. The van der Waals surface area contributed by atoms with Crippen molar-refractivity contribution in [2.75, 3.05) is 19.6 Å². The minimum absolute atomic E-state index is 0.00489. The summed E-state index contributed by atoms with van der Waals surface area (Å²) >= 11 is 2.22. The van der Waals surface area contributed by atoms with Gasteiger partial charge in [0.2, 0.25) is 0 Å². The minimum atomic E-state index is -0.00489. The number of halogens is 1. The van der Waals surface area contributed by atoms with Gasteiger partial charge in [0.1, 0.15) is 0 Å². The first-order valence-electron chi connectivity index (χ1n) is 7.39. The Labute approximate surface area is 140 Å². The van der Waals surface area contributed by atoms with Crippen molar-refractivity contribution in [2.45, 2.75) is 39.0 Å². The van der Waals surface area contributed by atoms with Gasteiger partial charge >= 0.3 is 0 Å². The zero-order chi connectivity index (χ0) is 15.4. The second-order valence-electron chi connectivity index (χ2n) is 5.78. The largest absolute Gasteiger partial charge is 0.373 e. The molecule has 1 heterocycles. The summed E-state index contributed by atoms with van der Waals surface area (Å²) < 4.78 is 6.82. The van der Waals surface area contributed by atoms with E-state index in [1.807, 2.05) is 24.3 Å². The molecule has 1 amide bonds. The molecule has 0 aliphatic carbocycles. The van der Waals surface area contributed by atoms with Crippen LogP contribution in [0.25, 0.3) is 0 Å². The van der Waals surface area contributed by atoms with Crippen molar-refractivity contribution in [1.82, 2.24) is 10.2 Å². The summed E-state index contributed by atoms with van der Waals surface area (Å²) in [7, 11) is 0. The van der Waals surface area contributed by atoms with Crippen molar-refractivity contribution in [3.05, 3.63) is 33.4 Å². The molecule has 21 heavy (non-hydrogen) atoms. The molecule has 3 atom stereocenters. The van der Waals surface area contributed by atoms with Crippen LogP contribution in [-0.2, 0) is 4.74 Å². The van der Waals surface area contributed by atoms with Crippen molar-refractivity contribution in [3.8, 4) is 0 Å². The topological polar surface area (TPSA) is 41.6 Å². The van der Waals surface area contributed by atoms with Crippen LogP contribution < -0.4 is 5.32 Å². The molecule has 1 aromatic rings. The molecule has 0 radical (unpaired) electrons. The fraction of sp³-hybridized carbons (Fsp3) is 0.562. The third kappa shape index (κ3) is 4.93. The number of carbonyl (C=O) groups is 1. The van der Waals surface area contributed by atoms with E-state index in [2.05, 4.69) is 53.6 Å². The maximum atomic E-state index is 12.2. The molecule has 1 fully saturated rings. The van der Waals surface area contributed by atoms with Crippen LogP contribution in [0.1, 0.15) is 31.1 Å². The van der Waals surface area contributed by atoms with Gasteiger partial charge < -0.3 is 10.1 Å². The summed E-state index contributed by atoms with van der Waals surface area (Å²) in [5.41, 5.74) is 0.720. The van der Waals surface area contributed by atoms with E-state index in [-0.39, 0.29) is 18.1 Å². The highest BCUT2D eigenvalue weighted by molar-refractivity contribution is 14.1. The zero-order valence-electron chi connectivity index (χ0n) is 12.8. The third-order valence-corrected chi connectivity index (χ3v) is 4.39. The highest BCUT2D eigenvalue weighted by atomic mass is 127. The summed E-state index contributed by atoms with van der Waals surface area (Å²) in [6, 6.07) is 7.95. The van der Waals surface area contributed by atoms with E-state index in [4.69, 9.17) is 4.74 Å². The molecular formula is C16H23IN2O2. The number of amides is 1. The monoisotopic (exact) mass is 402 g/mol. The number of morpholine rings is 1. The number of rotatable bonds is 4. The Kier molecular flexibility index (Phi) is 6.01. The molecule has 1 aliphatic rings. The van der Waals surface area contributed by atoms with Crippen molar-refractivity contribution in [2.24, 2.45) is 0 Å². The Balaban J connectivity index is 1.86. The van der Waals surface area contributed by atoms with Crippen molar-refractivity contribution in [1.29, 1.82) is 0 Å². The predicted molar refractivity (Wildman–Crippen MR) is 92.5 cm³/mol. The van der Waals surface area contributed by atoms with Gasteiger partial charge in [0, 0.05) is 34.8 Å². The molecule has 1 aliphatic heterocycles. The number of nitrogens with one attached hydrogen (secondary N) is 1. The summed E-state index contributed by atoms with van der Waals surface area (Å²) in [6.45, 7) is 8.85. The first-order chi connectivity index (χ1) is 9.95. The van der Waals surface area contributed by atoms with E-state index < -0.39 is 0 Å². The van der Waals surface area contributed by atoms with Crippen molar-refractivity contribution < 1.29 is 9.53 Å². The van der Waals surface area contributed by atoms with E-state index in [1.54, 1.807) is 0 Å². The average molecular weight is 402 g/mol. The van der Waals surface area contributed by atoms with Crippen molar-refractivity contribution >= 4 is 28.5 Å². The SMILES string of the molecule is C[C@@H]1CN([C@H](C)CNC(=O)c2cccc(I)c2)C[C@H](C)O1. The van der Waals surface area contributed by atoms with Crippen LogP contribution in [0, 0.1) is 3.57 Å². The lowest BCUT2D eigenvalue weighted by Crippen LogP contribution is -2.52. The lowest BCUT2D eigenvalue weighted by atomic mass is 10.1. The van der Waals surface area contributed by atoms with Gasteiger partial charge in [-0.3, -0.25) is 9.69 Å². The van der Waals surface area contributed by atoms with Gasteiger partial charge in [-0.25, -0.2) is 0 Å². The minimum Gasteiger partial charge on any atom is -0.373 e. The lowest BCUT2D eigenvalue weighted by molar-refractivity contribution is -0.0778. The summed E-state index contributed by atoms with van der Waals surface area (Å²) in [6.07, 6.45) is 0.505. The van der Waals surface area contributed by atoms with Gasteiger partial charge in [-0.05, 0) is 61.6 Å². The first-order valence-corrected chi connectivity index (χ1v) is 8.47. The Morgan fingerprint density at radius 1 is 1.43 bits per heavy atom. The highest BCUT2D eigenvalue weighted by Crippen LogP contribution is 2.13. The van der Waals surface area contributed by atoms with Crippen LogP contribution in [0.3, 0.4) is 0 Å². The molecule has 0 aromatic heterocycles. The Morgan fingerprint density at radius 2 is 2.10 bits per heavy atom. The van der Waals surface area contributed by atoms with Crippen LogP contribution >= 0.6 is 22.6 Å². The second kappa shape index (κ2) is 7.56. The van der Waals surface area contributed by atoms with Gasteiger partial charge in [0.15, 0.2) is 0 Å². The fourth-order valence-corrected chi connectivity index (χ4v) is 3.22. The van der Waals surface area contributed by atoms with Crippen LogP contribution in [0.2, 0.25) is 0 Å².